The van der Waals surface area contributed by atoms with Gasteiger partial charge in [0.15, 0.2) is 0 Å². The van der Waals surface area contributed by atoms with E-state index in [1.807, 2.05) is 54.6 Å². The van der Waals surface area contributed by atoms with Crippen LogP contribution in [0.4, 0.5) is 0 Å². The van der Waals surface area contributed by atoms with Gasteiger partial charge in [-0.3, -0.25) is 9.88 Å². The van der Waals surface area contributed by atoms with Crippen LogP contribution in [0.3, 0.4) is 0 Å². The van der Waals surface area contributed by atoms with Gasteiger partial charge in [0.2, 0.25) is 0 Å². The molecule has 4 heterocycles. The van der Waals surface area contributed by atoms with E-state index in [9.17, 15) is 9.90 Å². The third kappa shape index (κ3) is 4.56. The summed E-state index contributed by atoms with van der Waals surface area (Å²) in [7, 11) is 1.64. The Balaban J connectivity index is 1.50. The minimum Gasteiger partial charge on any atom is -0.497 e. The van der Waals surface area contributed by atoms with E-state index in [-0.39, 0.29) is 24.5 Å². The van der Waals surface area contributed by atoms with Crippen molar-refractivity contribution in [3.8, 4) is 5.75 Å². The summed E-state index contributed by atoms with van der Waals surface area (Å²) in [6, 6.07) is 17.5. The highest BCUT2D eigenvalue weighted by molar-refractivity contribution is 5.88. The lowest BCUT2D eigenvalue weighted by Gasteiger charge is -2.51. The number of carbonyl (C=O) groups is 1. The molecule has 6 rings (SSSR count). The third-order valence-electron chi connectivity index (χ3n) is 7.26. The Bertz CT molecular complexity index is 1180. The number of pyridine rings is 1. The van der Waals surface area contributed by atoms with Crippen molar-refractivity contribution in [2.45, 2.75) is 25.0 Å². The van der Waals surface area contributed by atoms with Crippen LogP contribution < -0.4 is 4.74 Å². The van der Waals surface area contributed by atoms with Gasteiger partial charge >= 0.3 is 5.97 Å². The van der Waals surface area contributed by atoms with Gasteiger partial charge < -0.3 is 14.6 Å². The Kier molecular flexibility index (Phi) is 6.61. The molecular formula is C28H30N2O4. The zero-order valence-electron chi connectivity index (χ0n) is 19.3. The zero-order chi connectivity index (χ0) is 23.5. The van der Waals surface area contributed by atoms with Crippen LogP contribution in [-0.2, 0) is 9.53 Å². The number of nitrogens with zero attached hydrogens (tertiary/aromatic N) is 2. The number of aliphatic hydroxyl groups is 1. The summed E-state index contributed by atoms with van der Waals surface area (Å²) in [6.07, 6.45) is 6.56. The molecule has 1 unspecified atom stereocenters. The van der Waals surface area contributed by atoms with Crippen LogP contribution in [0.1, 0.15) is 30.1 Å². The Labute approximate surface area is 199 Å². The van der Waals surface area contributed by atoms with Gasteiger partial charge in [0, 0.05) is 36.4 Å². The second kappa shape index (κ2) is 9.95. The van der Waals surface area contributed by atoms with Gasteiger partial charge in [0.25, 0.3) is 0 Å². The predicted octanol–water partition coefficient (Wildman–Crippen LogP) is 4.24. The Hall–Kier alpha value is -3.22. The first-order chi connectivity index (χ1) is 16.7. The summed E-state index contributed by atoms with van der Waals surface area (Å²) in [6.45, 7) is 1.98. The molecule has 2 aromatic carbocycles. The first-order valence-corrected chi connectivity index (χ1v) is 11.9. The van der Waals surface area contributed by atoms with Gasteiger partial charge in [-0.05, 0) is 67.1 Å². The summed E-state index contributed by atoms with van der Waals surface area (Å²) in [5, 5.41) is 10.8. The number of hydrogen-bond acceptors (Lipinski definition) is 6. The van der Waals surface area contributed by atoms with Crippen molar-refractivity contribution in [3.05, 3.63) is 78.0 Å². The van der Waals surface area contributed by atoms with Gasteiger partial charge in [-0.2, -0.15) is 0 Å². The molecule has 1 aromatic heterocycles. The van der Waals surface area contributed by atoms with Gasteiger partial charge in [-0.1, -0.05) is 30.3 Å². The van der Waals surface area contributed by atoms with Crippen LogP contribution in [0.25, 0.3) is 17.0 Å². The molecule has 3 saturated heterocycles. The van der Waals surface area contributed by atoms with E-state index < -0.39 is 6.10 Å². The molecule has 5 atom stereocenters. The number of methoxy groups -OCH3 is 1. The second-order valence-electron chi connectivity index (χ2n) is 9.17. The van der Waals surface area contributed by atoms with Crippen LogP contribution in [-0.4, -0.2) is 53.8 Å². The Morgan fingerprint density at radius 1 is 1.24 bits per heavy atom. The first kappa shape index (κ1) is 22.6. The smallest absolute Gasteiger partial charge is 0.331 e. The maximum atomic E-state index is 13.0. The summed E-state index contributed by atoms with van der Waals surface area (Å²) >= 11 is 0. The molecule has 176 valence electrons. The standard InChI is InChI=1S/C28H30N2O4/c1-33-22-8-9-25-24(16-22)23(11-13-29-25)28(26-15-20-12-14-30(26)17-21(20)18-31)34-27(32)10-7-19-5-3-2-4-6-19/h2-11,13,16,20-21,26,28,31H,12,14-15,17-18H2,1H3/b10-7+/t20-,21+,26+,28+/m0/s1. The van der Waals surface area contributed by atoms with E-state index >= 15 is 0 Å². The normalized spacial score (nSPS) is 24.9. The van der Waals surface area contributed by atoms with E-state index in [0.717, 1.165) is 53.7 Å². The third-order valence-corrected chi connectivity index (χ3v) is 7.26. The topological polar surface area (TPSA) is 71.9 Å². The number of aromatic nitrogens is 1. The lowest BCUT2D eigenvalue weighted by Crippen LogP contribution is -2.56. The van der Waals surface area contributed by atoms with Gasteiger partial charge in [0.1, 0.15) is 11.9 Å². The van der Waals surface area contributed by atoms with Crippen molar-refractivity contribution in [2.24, 2.45) is 11.8 Å². The highest BCUT2D eigenvalue weighted by atomic mass is 16.5. The fourth-order valence-corrected chi connectivity index (χ4v) is 5.47. The van der Waals surface area contributed by atoms with Gasteiger partial charge in [0.05, 0.1) is 18.7 Å². The Morgan fingerprint density at radius 3 is 2.82 bits per heavy atom. The number of piperidine rings is 3. The number of fused-ring (bicyclic) bond motifs is 4. The van der Waals surface area contributed by atoms with Crippen LogP contribution in [0, 0.1) is 11.8 Å². The number of benzene rings is 2. The van der Waals surface area contributed by atoms with Crippen LogP contribution in [0.15, 0.2) is 66.9 Å². The van der Waals surface area contributed by atoms with E-state index in [1.165, 1.54) is 6.08 Å². The Morgan fingerprint density at radius 2 is 2.09 bits per heavy atom. The zero-order valence-corrected chi connectivity index (χ0v) is 19.3. The van der Waals surface area contributed by atoms with E-state index in [2.05, 4.69) is 9.88 Å². The molecule has 3 fully saturated rings. The summed E-state index contributed by atoms with van der Waals surface area (Å²) in [4.78, 5) is 19.9. The minimum atomic E-state index is -0.451. The van der Waals surface area contributed by atoms with E-state index in [1.54, 1.807) is 19.4 Å². The molecule has 1 N–H and O–H groups in total. The summed E-state index contributed by atoms with van der Waals surface area (Å²) in [5.74, 6) is 1.09. The summed E-state index contributed by atoms with van der Waals surface area (Å²) < 4.78 is 11.7. The molecule has 0 aliphatic carbocycles. The predicted molar refractivity (Wildman–Crippen MR) is 131 cm³/mol. The molecule has 0 saturated carbocycles. The molecule has 6 nitrogen and oxygen atoms in total. The molecule has 34 heavy (non-hydrogen) atoms. The van der Waals surface area contributed by atoms with Crippen molar-refractivity contribution >= 4 is 22.9 Å². The van der Waals surface area contributed by atoms with Crippen molar-refractivity contribution in [1.82, 2.24) is 9.88 Å². The number of ether oxygens (including phenoxy) is 2. The lowest BCUT2D eigenvalue weighted by molar-refractivity contribution is -0.152. The maximum Gasteiger partial charge on any atom is 0.331 e. The number of carbonyl (C=O) groups excluding carboxylic acids is 1. The van der Waals surface area contributed by atoms with Crippen molar-refractivity contribution in [2.75, 3.05) is 26.8 Å². The van der Waals surface area contributed by atoms with Gasteiger partial charge in [-0.15, -0.1) is 0 Å². The van der Waals surface area contributed by atoms with Crippen molar-refractivity contribution in [3.63, 3.8) is 0 Å². The molecule has 0 amide bonds. The first-order valence-electron chi connectivity index (χ1n) is 11.9. The molecule has 3 aromatic rings. The fourth-order valence-electron chi connectivity index (χ4n) is 5.47. The average molecular weight is 459 g/mol. The SMILES string of the molecule is COc1ccc2nccc([C@@H](OC(=O)/C=C/c3ccccc3)[C@H]3C[C@@H]4CCN3C[C@@H]4CO)c2c1. The molecule has 0 radical (unpaired) electrons. The minimum absolute atomic E-state index is 0.0485. The lowest BCUT2D eigenvalue weighted by atomic mass is 9.73. The average Bonchev–Trinajstić information content (AvgIpc) is 2.90. The number of aliphatic hydroxyl groups excluding tert-OH is 1. The van der Waals surface area contributed by atoms with Crippen LogP contribution in [0.5, 0.6) is 5.75 Å². The largest absolute Gasteiger partial charge is 0.497 e. The molecule has 6 heteroatoms. The number of hydrogen-bond donors (Lipinski definition) is 1. The van der Waals surface area contributed by atoms with E-state index in [0.29, 0.717) is 5.92 Å². The quantitative estimate of drug-likeness (QED) is 0.422. The van der Waals surface area contributed by atoms with E-state index in [4.69, 9.17) is 9.47 Å². The molecular weight excluding hydrogens is 428 g/mol. The van der Waals surface area contributed by atoms with Crippen molar-refractivity contribution < 1.29 is 19.4 Å². The fraction of sp³-hybridized carbons (Fsp3) is 0.357. The number of rotatable bonds is 7. The highest BCUT2D eigenvalue weighted by Gasteiger charge is 2.44. The molecule has 3 aliphatic heterocycles. The van der Waals surface area contributed by atoms with Crippen LogP contribution in [0.2, 0.25) is 0 Å². The number of esters is 1. The second-order valence-corrected chi connectivity index (χ2v) is 9.17. The summed E-state index contributed by atoms with van der Waals surface area (Å²) in [5.41, 5.74) is 2.72. The molecule has 0 spiro atoms. The van der Waals surface area contributed by atoms with Crippen LogP contribution >= 0.6 is 0 Å². The molecule has 3 aliphatic rings. The highest BCUT2D eigenvalue weighted by Crippen LogP contribution is 2.43. The molecule has 2 bridgehead atoms. The maximum absolute atomic E-state index is 13.0. The van der Waals surface area contributed by atoms with Crippen molar-refractivity contribution in [1.29, 1.82) is 0 Å². The monoisotopic (exact) mass is 458 g/mol. The van der Waals surface area contributed by atoms with Gasteiger partial charge in [-0.25, -0.2) is 4.79 Å².